The molecule has 0 radical (unpaired) electrons. The van der Waals surface area contributed by atoms with Crippen molar-refractivity contribution >= 4 is 5.97 Å². The van der Waals surface area contributed by atoms with E-state index in [4.69, 9.17) is 10.5 Å². The Morgan fingerprint density at radius 3 is 2.24 bits per heavy atom. The van der Waals surface area contributed by atoms with Gasteiger partial charge < -0.3 is 10.5 Å². The van der Waals surface area contributed by atoms with E-state index in [2.05, 4.69) is 38.1 Å². The number of hydrogen-bond acceptors (Lipinski definition) is 3. The van der Waals surface area contributed by atoms with E-state index in [0.29, 0.717) is 18.9 Å². The van der Waals surface area contributed by atoms with Crippen molar-refractivity contribution in [2.45, 2.75) is 58.9 Å². The standard InChI is InChI=1S/C18H29NO2/c1-5-14(4)15-7-9-16(10-8-15)17(19)11-13(3)12-18(20)21-6-2/h7-10,13-14,17H,5-6,11-12,19H2,1-4H3. The summed E-state index contributed by atoms with van der Waals surface area (Å²) >= 11 is 0. The van der Waals surface area contributed by atoms with E-state index in [1.807, 2.05) is 13.8 Å². The molecule has 1 aromatic rings. The van der Waals surface area contributed by atoms with Crippen LogP contribution in [0.25, 0.3) is 0 Å². The second-order valence-corrected chi connectivity index (χ2v) is 5.93. The van der Waals surface area contributed by atoms with Crippen LogP contribution >= 0.6 is 0 Å². The van der Waals surface area contributed by atoms with Crippen molar-refractivity contribution in [2.75, 3.05) is 6.61 Å². The molecule has 0 aliphatic carbocycles. The predicted octanol–water partition coefficient (Wildman–Crippen LogP) is 4.18. The summed E-state index contributed by atoms with van der Waals surface area (Å²) in [5.41, 5.74) is 8.74. The third-order valence-electron chi connectivity index (χ3n) is 4.02. The Balaban J connectivity index is 2.55. The van der Waals surface area contributed by atoms with E-state index in [1.54, 1.807) is 0 Å². The van der Waals surface area contributed by atoms with Crippen LogP contribution in [0.3, 0.4) is 0 Å². The van der Waals surface area contributed by atoms with E-state index in [9.17, 15) is 4.79 Å². The summed E-state index contributed by atoms with van der Waals surface area (Å²) in [4.78, 5) is 11.5. The number of rotatable bonds is 8. The minimum absolute atomic E-state index is 0.0274. The maximum absolute atomic E-state index is 11.5. The van der Waals surface area contributed by atoms with Gasteiger partial charge in [0.05, 0.1) is 6.61 Å². The van der Waals surface area contributed by atoms with Crippen LogP contribution in [0.5, 0.6) is 0 Å². The number of carbonyl (C=O) groups is 1. The maximum Gasteiger partial charge on any atom is 0.306 e. The lowest BCUT2D eigenvalue weighted by Gasteiger charge is -2.18. The molecule has 3 heteroatoms. The number of ether oxygens (including phenoxy) is 1. The largest absolute Gasteiger partial charge is 0.466 e. The molecule has 0 saturated heterocycles. The highest BCUT2D eigenvalue weighted by molar-refractivity contribution is 5.69. The second-order valence-electron chi connectivity index (χ2n) is 5.93. The Bertz CT molecular complexity index is 427. The molecule has 0 heterocycles. The lowest BCUT2D eigenvalue weighted by Crippen LogP contribution is -2.17. The van der Waals surface area contributed by atoms with Crippen molar-refractivity contribution in [3.63, 3.8) is 0 Å². The molecular weight excluding hydrogens is 262 g/mol. The van der Waals surface area contributed by atoms with Gasteiger partial charge in [0.25, 0.3) is 0 Å². The van der Waals surface area contributed by atoms with Gasteiger partial charge in [0.15, 0.2) is 0 Å². The average molecular weight is 291 g/mol. The van der Waals surface area contributed by atoms with Gasteiger partial charge in [-0.3, -0.25) is 4.79 Å². The van der Waals surface area contributed by atoms with Crippen LogP contribution < -0.4 is 5.73 Å². The summed E-state index contributed by atoms with van der Waals surface area (Å²) in [7, 11) is 0. The molecule has 1 rings (SSSR count). The van der Waals surface area contributed by atoms with Crippen molar-refractivity contribution < 1.29 is 9.53 Å². The fraction of sp³-hybridized carbons (Fsp3) is 0.611. The van der Waals surface area contributed by atoms with E-state index in [1.165, 1.54) is 5.56 Å². The molecule has 0 aliphatic heterocycles. The second kappa shape index (κ2) is 8.83. The van der Waals surface area contributed by atoms with Crippen LogP contribution in [0.15, 0.2) is 24.3 Å². The summed E-state index contributed by atoms with van der Waals surface area (Å²) in [6, 6.07) is 8.53. The van der Waals surface area contributed by atoms with Crippen molar-refractivity contribution in [3.8, 4) is 0 Å². The highest BCUT2D eigenvalue weighted by Gasteiger charge is 2.15. The fourth-order valence-electron chi connectivity index (χ4n) is 2.46. The van der Waals surface area contributed by atoms with Gasteiger partial charge in [-0.1, -0.05) is 45.0 Å². The van der Waals surface area contributed by atoms with Crippen LogP contribution in [0.2, 0.25) is 0 Å². The Hall–Kier alpha value is -1.35. The summed E-state index contributed by atoms with van der Waals surface area (Å²) < 4.78 is 4.97. The Morgan fingerprint density at radius 1 is 1.14 bits per heavy atom. The lowest BCUT2D eigenvalue weighted by atomic mass is 9.92. The van der Waals surface area contributed by atoms with Crippen LogP contribution in [0.4, 0.5) is 0 Å². The zero-order valence-corrected chi connectivity index (χ0v) is 13.8. The quantitative estimate of drug-likeness (QED) is 0.731. The van der Waals surface area contributed by atoms with E-state index in [0.717, 1.165) is 18.4 Å². The third-order valence-corrected chi connectivity index (χ3v) is 4.02. The van der Waals surface area contributed by atoms with Crippen molar-refractivity contribution in [1.29, 1.82) is 0 Å². The highest BCUT2D eigenvalue weighted by atomic mass is 16.5. The van der Waals surface area contributed by atoms with Gasteiger partial charge in [-0.25, -0.2) is 0 Å². The van der Waals surface area contributed by atoms with Crippen molar-refractivity contribution in [3.05, 3.63) is 35.4 Å². The molecule has 118 valence electrons. The number of benzene rings is 1. The molecule has 0 spiro atoms. The molecule has 3 unspecified atom stereocenters. The summed E-state index contributed by atoms with van der Waals surface area (Å²) in [6.07, 6.45) is 2.37. The van der Waals surface area contributed by atoms with Crippen molar-refractivity contribution in [2.24, 2.45) is 11.7 Å². The first-order valence-electron chi connectivity index (χ1n) is 7.98. The normalized spacial score (nSPS) is 15.3. The van der Waals surface area contributed by atoms with Gasteiger partial charge in [-0.05, 0) is 42.7 Å². The number of esters is 1. The van der Waals surface area contributed by atoms with E-state index >= 15 is 0 Å². The van der Waals surface area contributed by atoms with E-state index in [-0.39, 0.29) is 17.9 Å². The molecule has 21 heavy (non-hydrogen) atoms. The first kappa shape index (κ1) is 17.7. The number of carbonyl (C=O) groups excluding carboxylic acids is 1. The SMILES string of the molecule is CCOC(=O)CC(C)CC(N)c1ccc(C(C)CC)cc1. The van der Waals surface area contributed by atoms with Gasteiger partial charge in [0.2, 0.25) is 0 Å². The predicted molar refractivity (Wildman–Crippen MR) is 87.1 cm³/mol. The van der Waals surface area contributed by atoms with E-state index < -0.39 is 0 Å². The average Bonchev–Trinajstić information content (AvgIpc) is 2.46. The fourth-order valence-corrected chi connectivity index (χ4v) is 2.46. The van der Waals surface area contributed by atoms with Gasteiger partial charge >= 0.3 is 5.97 Å². The first-order chi connectivity index (χ1) is 9.97. The smallest absolute Gasteiger partial charge is 0.306 e. The Labute approximate surface area is 128 Å². The third kappa shape index (κ3) is 5.88. The molecule has 0 aromatic heterocycles. The van der Waals surface area contributed by atoms with Crippen LogP contribution in [-0.4, -0.2) is 12.6 Å². The molecule has 0 aliphatic rings. The molecule has 0 amide bonds. The molecule has 0 fully saturated rings. The zero-order chi connectivity index (χ0) is 15.8. The zero-order valence-electron chi connectivity index (χ0n) is 13.8. The van der Waals surface area contributed by atoms with Crippen LogP contribution in [0, 0.1) is 5.92 Å². The molecule has 3 atom stereocenters. The minimum Gasteiger partial charge on any atom is -0.466 e. The highest BCUT2D eigenvalue weighted by Crippen LogP contribution is 2.24. The summed E-state index contributed by atoms with van der Waals surface area (Å²) in [5.74, 6) is 0.677. The van der Waals surface area contributed by atoms with Gasteiger partial charge in [-0.15, -0.1) is 0 Å². The molecule has 0 bridgehead atoms. The van der Waals surface area contributed by atoms with Crippen LogP contribution in [0.1, 0.15) is 70.0 Å². The molecule has 1 aromatic carbocycles. The maximum atomic E-state index is 11.5. The lowest BCUT2D eigenvalue weighted by molar-refractivity contribution is -0.144. The number of hydrogen-bond donors (Lipinski definition) is 1. The van der Waals surface area contributed by atoms with Gasteiger partial charge in [0.1, 0.15) is 0 Å². The molecular formula is C18H29NO2. The Morgan fingerprint density at radius 2 is 1.71 bits per heavy atom. The van der Waals surface area contributed by atoms with Crippen LogP contribution in [-0.2, 0) is 9.53 Å². The van der Waals surface area contributed by atoms with Gasteiger partial charge in [-0.2, -0.15) is 0 Å². The molecule has 3 nitrogen and oxygen atoms in total. The van der Waals surface area contributed by atoms with Crippen molar-refractivity contribution in [1.82, 2.24) is 0 Å². The molecule has 0 saturated carbocycles. The number of nitrogens with two attached hydrogens (primary N) is 1. The monoisotopic (exact) mass is 291 g/mol. The summed E-state index contributed by atoms with van der Waals surface area (Å²) in [6.45, 7) is 8.74. The first-order valence-corrected chi connectivity index (χ1v) is 7.98. The topological polar surface area (TPSA) is 52.3 Å². The molecule has 2 N–H and O–H groups in total. The Kier molecular flexibility index (Phi) is 7.44. The minimum atomic E-state index is -0.135. The van der Waals surface area contributed by atoms with Gasteiger partial charge in [0, 0.05) is 12.5 Å². The summed E-state index contributed by atoms with van der Waals surface area (Å²) in [5, 5.41) is 0.